The summed E-state index contributed by atoms with van der Waals surface area (Å²) in [7, 11) is 0. The Balaban J connectivity index is -0.000000270. The Morgan fingerprint density at radius 2 is 1.04 bits per heavy atom. The molecule has 18 nitrogen and oxygen atoms in total. The van der Waals surface area contributed by atoms with E-state index in [2.05, 4.69) is 41.2 Å². The second-order valence-corrected chi connectivity index (χ2v) is 3.03. The van der Waals surface area contributed by atoms with Crippen molar-refractivity contribution in [2.24, 2.45) is 22.9 Å². The minimum atomic E-state index is -0.764. The molecule has 8 N–H and O–H groups in total. The van der Waals surface area contributed by atoms with Crippen molar-refractivity contribution in [3.63, 3.8) is 0 Å². The van der Waals surface area contributed by atoms with Gasteiger partial charge in [-0.3, -0.25) is 0 Å². The zero-order valence-corrected chi connectivity index (χ0v) is 13.5. The van der Waals surface area contributed by atoms with E-state index in [0.717, 1.165) is 0 Å². The van der Waals surface area contributed by atoms with E-state index in [0.29, 0.717) is 26.2 Å². The SMILES string of the molecule is NCCN.NCCN.O=[N+]([O-])c1nnn[n-]1.O=[N+]([O-])c1nnn[n-]1.[Cu+2]. The van der Waals surface area contributed by atoms with Crippen molar-refractivity contribution < 1.29 is 26.9 Å². The van der Waals surface area contributed by atoms with Crippen molar-refractivity contribution in [1.82, 2.24) is 41.2 Å². The van der Waals surface area contributed by atoms with Gasteiger partial charge in [-0.05, 0) is 20.9 Å². The van der Waals surface area contributed by atoms with Crippen LogP contribution in [0.25, 0.3) is 0 Å². The smallest absolute Gasteiger partial charge is 0.458 e. The van der Waals surface area contributed by atoms with E-state index < -0.39 is 21.7 Å². The summed E-state index contributed by atoms with van der Waals surface area (Å²) in [4.78, 5) is 17.8. The molecule has 0 bridgehead atoms. The van der Waals surface area contributed by atoms with E-state index in [9.17, 15) is 20.2 Å². The summed E-state index contributed by atoms with van der Waals surface area (Å²) in [5.74, 6) is -1.13. The summed E-state index contributed by atoms with van der Waals surface area (Å²) in [5.41, 5.74) is 19.6. The molecule has 0 saturated heterocycles. The molecule has 0 atom stereocenters. The van der Waals surface area contributed by atoms with Crippen LogP contribution in [0.15, 0.2) is 0 Å². The third-order valence-electron chi connectivity index (χ3n) is 1.28. The number of nitrogens with zero attached hydrogens (tertiary/aromatic N) is 10. The molecule has 0 saturated carbocycles. The van der Waals surface area contributed by atoms with E-state index in [1.807, 2.05) is 0 Å². The van der Waals surface area contributed by atoms with E-state index in [1.54, 1.807) is 0 Å². The first-order valence-electron chi connectivity index (χ1n) is 5.90. The van der Waals surface area contributed by atoms with Gasteiger partial charge in [-0.2, -0.15) is 9.85 Å². The summed E-state index contributed by atoms with van der Waals surface area (Å²) in [6.07, 6.45) is 0. The number of tetrazole rings is 2. The van der Waals surface area contributed by atoms with Crippen LogP contribution < -0.4 is 33.1 Å². The Bertz CT molecular complexity index is 467. The van der Waals surface area contributed by atoms with Gasteiger partial charge < -0.3 is 43.2 Å². The van der Waals surface area contributed by atoms with Crippen LogP contribution in [0.3, 0.4) is 0 Å². The van der Waals surface area contributed by atoms with E-state index in [4.69, 9.17) is 22.9 Å². The van der Waals surface area contributed by atoms with Crippen LogP contribution in [0, 0.1) is 20.2 Å². The summed E-state index contributed by atoms with van der Waals surface area (Å²) in [6.45, 7) is 2.39. The predicted octanol–water partition coefficient (Wildman–Crippen LogP) is -4.72. The summed E-state index contributed by atoms with van der Waals surface area (Å²) < 4.78 is 0. The molecule has 0 aromatic carbocycles. The van der Waals surface area contributed by atoms with Crippen molar-refractivity contribution in [3.05, 3.63) is 20.2 Å². The molecule has 2 aromatic rings. The second kappa shape index (κ2) is 19.3. The van der Waals surface area contributed by atoms with Crippen LogP contribution in [0.2, 0.25) is 0 Å². The van der Waals surface area contributed by atoms with Crippen LogP contribution in [0.4, 0.5) is 11.9 Å². The molecule has 0 unspecified atom stereocenters. The molecule has 2 aromatic heterocycles. The van der Waals surface area contributed by atoms with Gasteiger partial charge in [0.2, 0.25) is 0 Å². The standard InChI is InChI=1S/2C2H8N2.2CN5O2.Cu/c2*3-1-2-4;2*7-6(8)1-2-4-5-3-1;/h2*1-4H2;;;/q;;2*-1;+2. The van der Waals surface area contributed by atoms with Crippen molar-refractivity contribution in [3.8, 4) is 0 Å². The first-order chi connectivity index (χ1) is 11.4. The molecule has 25 heavy (non-hydrogen) atoms. The molecular weight excluding hydrogens is 396 g/mol. The maximum Gasteiger partial charge on any atom is 2.00 e. The number of nitrogens with two attached hydrogens (primary N) is 4. The van der Waals surface area contributed by atoms with Gasteiger partial charge in [0.1, 0.15) is 0 Å². The molecule has 2 rings (SSSR count). The van der Waals surface area contributed by atoms with E-state index in [1.165, 1.54) is 0 Å². The molecule has 0 spiro atoms. The Kier molecular flexibility index (Phi) is 21.0. The summed E-state index contributed by atoms with van der Waals surface area (Å²) >= 11 is 0. The fraction of sp³-hybridized carbons (Fsp3) is 0.667. The molecular formula is C6H16CuN14O4. The molecule has 2 heterocycles. The summed E-state index contributed by atoms with van der Waals surface area (Å²) in [6, 6.07) is 0. The molecule has 1 radical (unpaired) electrons. The topological polar surface area (TPSA) is 296 Å². The van der Waals surface area contributed by atoms with Gasteiger partial charge in [0.15, 0.2) is 0 Å². The molecule has 145 valence electrons. The van der Waals surface area contributed by atoms with Gasteiger partial charge in [0.05, 0.1) is 0 Å². The van der Waals surface area contributed by atoms with Gasteiger partial charge >= 0.3 is 17.1 Å². The molecule has 0 fully saturated rings. The van der Waals surface area contributed by atoms with Crippen LogP contribution in [-0.4, -0.2) is 67.1 Å². The third-order valence-corrected chi connectivity index (χ3v) is 1.28. The minimum Gasteiger partial charge on any atom is -0.458 e. The average molecular weight is 412 g/mol. The number of hydrogen-bond acceptors (Lipinski definition) is 14. The van der Waals surface area contributed by atoms with Gasteiger partial charge in [0, 0.05) is 26.2 Å². The molecule has 0 amide bonds. The number of rotatable bonds is 4. The van der Waals surface area contributed by atoms with Crippen molar-refractivity contribution in [2.75, 3.05) is 26.2 Å². The van der Waals surface area contributed by atoms with Gasteiger partial charge in [-0.1, -0.05) is 20.4 Å². The largest absolute Gasteiger partial charge is 2.00 e. The van der Waals surface area contributed by atoms with Crippen molar-refractivity contribution >= 4 is 11.9 Å². The van der Waals surface area contributed by atoms with Gasteiger partial charge in [-0.15, -0.1) is 0 Å². The minimum absolute atomic E-state index is 0. The van der Waals surface area contributed by atoms with Gasteiger partial charge in [-0.25, -0.2) is 0 Å². The normalized spacial score (nSPS) is 8.16. The predicted molar refractivity (Wildman–Crippen MR) is 75.8 cm³/mol. The van der Waals surface area contributed by atoms with Gasteiger partial charge in [0.25, 0.3) is 11.9 Å². The van der Waals surface area contributed by atoms with E-state index >= 15 is 0 Å². The van der Waals surface area contributed by atoms with Crippen LogP contribution >= 0.6 is 0 Å². The fourth-order valence-electron chi connectivity index (χ4n) is 0.426. The zero-order chi connectivity index (χ0) is 18.8. The Morgan fingerprint density at radius 1 is 0.760 bits per heavy atom. The second-order valence-electron chi connectivity index (χ2n) is 3.03. The quantitative estimate of drug-likeness (QED) is 0.208. The van der Waals surface area contributed by atoms with Crippen molar-refractivity contribution in [2.45, 2.75) is 0 Å². The molecule has 0 aliphatic rings. The van der Waals surface area contributed by atoms with E-state index in [-0.39, 0.29) is 17.1 Å². The Hall–Kier alpha value is -2.70. The Morgan fingerprint density at radius 3 is 1.12 bits per heavy atom. The number of nitro groups is 2. The zero-order valence-electron chi connectivity index (χ0n) is 12.5. The maximum absolute atomic E-state index is 9.66. The average Bonchev–Trinajstić information content (AvgIpc) is 3.28. The Labute approximate surface area is 150 Å². The fourth-order valence-corrected chi connectivity index (χ4v) is 0.426. The van der Waals surface area contributed by atoms with Crippen LogP contribution in [0.1, 0.15) is 0 Å². The summed E-state index contributed by atoms with van der Waals surface area (Å²) in [5, 5.41) is 42.7. The third kappa shape index (κ3) is 17.5. The number of hydrogen-bond donors (Lipinski definition) is 4. The first-order valence-corrected chi connectivity index (χ1v) is 5.90. The van der Waals surface area contributed by atoms with Crippen molar-refractivity contribution in [1.29, 1.82) is 0 Å². The van der Waals surface area contributed by atoms with Crippen LogP contribution in [-0.2, 0) is 17.1 Å². The first kappa shape index (κ1) is 27.2. The maximum atomic E-state index is 9.66. The van der Waals surface area contributed by atoms with Crippen LogP contribution in [0.5, 0.6) is 0 Å². The molecule has 19 heteroatoms. The molecule has 0 aliphatic heterocycles. The number of aromatic nitrogens is 8. The molecule has 0 aliphatic carbocycles. The monoisotopic (exact) mass is 411 g/mol.